The standard InChI is InChI=1S/C10H10N2O2S2/c1-15-5-9-12-8(4-16-9)6-2-7(10(13)14)11-3-6/h2-4,11H,5H2,1H3,(H,13,14). The number of aromatic nitrogens is 2. The zero-order valence-corrected chi connectivity index (χ0v) is 10.2. The van der Waals surface area contributed by atoms with Gasteiger partial charge in [0.05, 0.1) is 5.69 Å². The number of hydrogen-bond donors (Lipinski definition) is 2. The number of carbonyl (C=O) groups is 1. The summed E-state index contributed by atoms with van der Waals surface area (Å²) in [5, 5.41) is 11.8. The van der Waals surface area contributed by atoms with Crippen molar-refractivity contribution in [1.29, 1.82) is 0 Å². The number of nitrogens with one attached hydrogen (secondary N) is 1. The molecule has 0 aromatic carbocycles. The van der Waals surface area contributed by atoms with Crippen molar-refractivity contribution in [2.45, 2.75) is 5.75 Å². The van der Waals surface area contributed by atoms with Crippen LogP contribution < -0.4 is 0 Å². The van der Waals surface area contributed by atoms with Crippen LogP contribution in [0.3, 0.4) is 0 Å². The van der Waals surface area contributed by atoms with Crippen LogP contribution in [-0.4, -0.2) is 27.3 Å². The van der Waals surface area contributed by atoms with Gasteiger partial charge in [0, 0.05) is 22.9 Å². The third-order valence-corrected chi connectivity index (χ3v) is 3.62. The highest BCUT2D eigenvalue weighted by Crippen LogP contribution is 2.24. The molecule has 0 radical (unpaired) electrons. The van der Waals surface area contributed by atoms with Gasteiger partial charge in [-0.15, -0.1) is 11.3 Å². The molecule has 4 nitrogen and oxygen atoms in total. The van der Waals surface area contributed by atoms with Gasteiger partial charge in [0.1, 0.15) is 10.7 Å². The fourth-order valence-electron chi connectivity index (χ4n) is 1.30. The molecule has 2 aromatic heterocycles. The number of aromatic carboxylic acids is 1. The average molecular weight is 254 g/mol. The molecule has 0 saturated carbocycles. The van der Waals surface area contributed by atoms with Gasteiger partial charge in [-0.3, -0.25) is 0 Å². The highest BCUT2D eigenvalue weighted by atomic mass is 32.2. The van der Waals surface area contributed by atoms with Crippen molar-refractivity contribution in [2.24, 2.45) is 0 Å². The van der Waals surface area contributed by atoms with E-state index in [1.807, 2.05) is 11.6 Å². The summed E-state index contributed by atoms with van der Waals surface area (Å²) in [6.07, 6.45) is 3.70. The summed E-state index contributed by atoms with van der Waals surface area (Å²) in [6.45, 7) is 0. The minimum atomic E-state index is -0.953. The molecule has 16 heavy (non-hydrogen) atoms. The van der Waals surface area contributed by atoms with Gasteiger partial charge in [-0.1, -0.05) is 0 Å². The second kappa shape index (κ2) is 4.71. The molecule has 2 aromatic rings. The Bertz CT molecular complexity index is 504. The maximum atomic E-state index is 10.7. The smallest absolute Gasteiger partial charge is 0.352 e. The molecule has 0 atom stereocenters. The molecule has 6 heteroatoms. The van der Waals surface area contributed by atoms with Gasteiger partial charge in [0.25, 0.3) is 0 Å². The monoisotopic (exact) mass is 254 g/mol. The van der Waals surface area contributed by atoms with Crippen molar-refractivity contribution in [3.63, 3.8) is 0 Å². The quantitative estimate of drug-likeness (QED) is 0.880. The summed E-state index contributed by atoms with van der Waals surface area (Å²) >= 11 is 3.31. The molecule has 0 aliphatic heterocycles. The van der Waals surface area contributed by atoms with Crippen LogP contribution in [-0.2, 0) is 5.75 Å². The molecule has 0 saturated heterocycles. The Morgan fingerprint density at radius 2 is 2.50 bits per heavy atom. The van der Waals surface area contributed by atoms with Gasteiger partial charge in [0.2, 0.25) is 0 Å². The Hall–Kier alpha value is -1.27. The van der Waals surface area contributed by atoms with Gasteiger partial charge >= 0.3 is 5.97 Å². The number of nitrogens with zero attached hydrogens (tertiary/aromatic N) is 1. The van der Waals surface area contributed by atoms with Crippen molar-refractivity contribution >= 4 is 29.1 Å². The van der Waals surface area contributed by atoms with Crippen molar-refractivity contribution in [3.8, 4) is 11.3 Å². The third kappa shape index (κ3) is 2.28. The highest BCUT2D eigenvalue weighted by molar-refractivity contribution is 7.97. The maximum absolute atomic E-state index is 10.7. The number of rotatable bonds is 4. The topological polar surface area (TPSA) is 66.0 Å². The number of carboxylic acid groups (broad SMARTS) is 1. The average Bonchev–Trinajstić information content (AvgIpc) is 2.84. The second-order valence-electron chi connectivity index (χ2n) is 3.17. The summed E-state index contributed by atoms with van der Waals surface area (Å²) in [5.41, 5.74) is 1.84. The zero-order chi connectivity index (χ0) is 11.5. The predicted octanol–water partition coefficient (Wildman–Crippen LogP) is 2.70. The molecule has 2 heterocycles. The summed E-state index contributed by atoms with van der Waals surface area (Å²) in [6, 6.07) is 1.60. The summed E-state index contributed by atoms with van der Waals surface area (Å²) < 4.78 is 0. The van der Waals surface area contributed by atoms with Crippen LogP contribution in [0.4, 0.5) is 0 Å². The number of thiazole rings is 1. The Balaban J connectivity index is 2.24. The molecule has 2 rings (SSSR count). The molecule has 0 aliphatic rings. The lowest BCUT2D eigenvalue weighted by molar-refractivity contribution is 0.0691. The first-order chi connectivity index (χ1) is 7.70. The maximum Gasteiger partial charge on any atom is 0.352 e. The van der Waals surface area contributed by atoms with E-state index in [0.717, 1.165) is 22.0 Å². The predicted molar refractivity (Wildman–Crippen MR) is 66.1 cm³/mol. The second-order valence-corrected chi connectivity index (χ2v) is 4.98. The molecule has 0 bridgehead atoms. The third-order valence-electron chi connectivity index (χ3n) is 2.03. The van der Waals surface area contributed by atoms with Crippen LogP contribution in [0, 0.1) is 0 Å². The van der Waals surface area contributed by atoms with Gasteiger partial charge in [-0.25, -0.2) is 9.78 Å². The largest absolute Gasteiger partial charge is 0.477 e. The van der Waals surface area contributed by atoms with E-state index >= 15 is 0 Å². The molecular weight excluding hydrogens is 244 g/mol. The van der Waals surface area contributed by atoms with Gasteiger partial charge in [-0.05, 0) is 12.3 Å². The van der Waals surface area contributed by atoms with E-state index in [9.17, 15) is 4.79 Å². The Labute approximate surface area is 101 Å². The Kier molecular flexibility index (Phi) is 3.31. The molecule has 0 unspecified atom stereocenters. The van der Waals surface area contributed by atoms with Crippen LogP contribution >= 0.6 is 23.1 Å². The first kappa shape index (κ1) is 11.2. The normalized spacial score (nSPS) is 10.6. The minimum Gasteiger partial charge on any atom is -0.477 e. The molecule has 0 amide bonds. The lowest BCUT2D eigenvalue weighted by Crippen LogP contribution is -1.94. The first-order valence-electron chi connectivity index (χ1n) is 4.56. The number of carboxylic acids is 1. The van der Waals surface area contributed by atoms with Crippen LogP contribution in [0.25, 0.3) is 11.3 Å². The fourth-order valence-corrected chi connectivity index (χ4v) is 2.82. The van der Waals surface area contributed by atoms with E-state index in [0.29, 0.717) is 0 Å². The number of H-pyrrole nitrogens is 1. The number of thioether (sulfide) groups is 1. The van der Waals surface area contributed by atoms with Gasteiger partial charge in [0.15, 0.2) is 0 Å². The Morgan fingerprint density at radius 1 is 1.69 bits per heavy atom. The minimum absolute atomic E-state index is 0.189. The van der Waals surface area contributed by atoms with Crippen LogP contribution in [0.15, 0.2) is 17.6 Å². The van der Waals surface area contributed by atoms with E-state index in [1.165, 1.54) is 0 Å². The molecule has 84 valence electrons. The molecule has 0 spiro atoms. The van der Waals surface area contributed by atoms with Crippen LogP contribution in [0.1, 0.15) is 15.5 Å². The van der Waals surface area contributed by atoms with E-state index in [4.69, 9.17) is 5.11 Å². The summed E-state index contributed by atoms with van der Waals surface area (Å²) in [4.78, 5) is 17.8. The lowest BCUT2D eigenvalue weighted by atomic mass is 10.2. The summed E-state index contributed by atoms with van der Waals surface area (Å²) in [7, 11) is 0. The number of hydrogen-bond acceptors (Lipinski definition) is 4. The highest BCUT2D eigenvalue weighted by Gasteiger charge is 2.09. The van der Waals surface area contributed by atoms with Crippen molar-refractivity contribution < 1.29 is 9.90 Å². The summed E-state index contributed by atoms with van der Waals surface area (Å²) in [5.74, 6) is -0.0632. The fraction of sp³-hybridized carbons (Fsp3) is 0.200. The van der Waals surface area contributed by atoms with Gasteiger partial charge in [-0.2, -0.15) is 11.8 Å². The Morgan fingerprint density at radius 3 is 3.12 bits per heavy atom. The van der Waals surface area contributed by atoms with E-state index in [1.54, 1.807) is 35.4 Å². The van der Waals surface area contributed by atoms with Crippen LogP contribution in [0.2, 0.25) is 0 Å². The number of aromatic amines is 1. The van der Waals surface area contributed by atoms with E-state index < -0.39 is 5.97 Å². The first-order valence-corrected chi connectivity index (χ1v) is 6.83. The van der Waals surface area contributed by atoms with Crippen molar-refractivity contribution in [1.82, 2.24) is 9.97 Å². The van der Waals surface area contributed by atoms with Crippen LogP contribution in [0.5, 0.6) is 0 Å². The van der Waals surface area contributed by atoms with Gasteiger partial charge < -0.3 is 10.1 Å². The molecule has 0 aliphatic carbocycles. The van der Waals surface area contributed by atoms with E-state index in [-0.39, 0.29) is 5.69 Å². The van der Waals surface area contributed by atoms with Crippen molar-refractivity contribution in [2.75, 3.05) is 6.26 Å². The molecule has 2 N–H and O–H groups in total. The van der Waals surface area contributed by atoms with Crippen molar-refractivity contribution in [3.05, 3.63) is 28.3 Å². The zero-order valence-electron chi connectivity index (χ0n) is 8.56. The molecule has 0 fully saturated rings. The SMILES string of the molecule is CSCc1nc(-c2c[nH]c(C(=O)O)c2)cs1. The molecular formula is C10H10N2O2S2. The van der Waals surface area contributed by atoms with E-state index in [2.05, 4.69) is 9.97 Å². The lowest BCUT2D eigenvalue weighted by Gasteiger charge is -1.89.